The third-order valence-corrected chi connectivity index (χ3v) is 6.91. The smallest absolute Gasteiger partial charge is 0.261 e. The van der Waals surface area contributed by atoms with E-state index in [1.165, 1.54) is 0 Å². The molecule has 0 bridgehead atoms. The van der Waals surface area contributed by atoms with Gasteiger partial charge in [-0.1, -0.05) is 35.0 Å². The van der Waals surface area contributed by atoms with E-state index in [9.17, 15) is 13.2 Å². The zero-order chi connectivity index (χ0) is 19.7. The second kappa shape index (κ2) is 7.64. The Morgan fingerprint density at radius 2 is 1.70 bits per heavy atom. The number of rotatable bonds is 7. The predicted molar refractivity (Wildman–Crippen MR) is 110 cm³/mol. The predicted octanol–water partition coefficient (Wildman–Crippen LogP) is 4.20. The largest absolute Gasteiger partial charge is 0.353 e. The van der Waals surface area contributed by atoms with Gasteiger partial charge in [-0.3, -0.25) is 9.52 Å². The number of benzene rings is 2. The minimum absolute atomic E-state index is 0.0556. The van der Waals surface area contributed by atoms with Crippen molar-refractivity contribution in [2.45, 2.75) is 49.5 Å². The summed E-state index contributed by atoms with van der Waals surface area (Å²) < 4.78 is 28.4. The summed E-state index contributed by atoms with van der Waals surface area (Å²) in [5, 5.41) is 3.06. The van der Waals surface area contributed by atoms with Gasteiger partial charge in [-0.2, -0.15) is 0 Å². The van der Waals surface area contributed by atoms with Crippen molar-refractivity contribution < 1.29 is 13.2 Å². The zero-order valence-corrected chi connectivity index (χ0v) is 17.7. The number of halogens is 1. The Hall–Kier alpha value is -1.86. The molecule has 1 aliphatic rings. The summed E-state index contributed by atoms with van der Waals surface area (Å²) in [6, 6.07) is 13.7. The van der Waals surface area contributed by atoms with Crippen LogP contribution >= 0.6 is 15.9 Å². The molecular formula is C20H23BrN2O3S. The van der Waals surface area contributed by atoms with Gasteiger partial charge in [0.05, 0.1) is 10.3 Å². The maximum absolute atomic E-state index is 12.6. The first kappa shape index (κ1) is 19.9. The number of sulfonamides is 1. The maximum Gasteiger partial charge on any atom is 0.261 e. The maximum atomic E-state index is 12.6. The minimum Gasteiger partial charge on any atom is -0.353 e. The first-order valence-electron chi connectivity index (χ1n) is 8.97. The molecular weight excluding hydrogens is 428 g/mol. The van der Waals surface area contributed by atoms with Crippen LogP contribution in [0.15, 0.2) is 57.9 Å². The molecule has 144 valence electrons. The molecule has 3 rings (SSSR count). The van der Waals surface area contributed by atoms with E-state index in [0.717, 1.165) is 29.3 Å². The third kappa shape index (κ3) is 4.35. The van der Waals surface area contributed by atoms with Crippen molar-refractivity contribution in [1.29, 1.82) is 0 Å². The zero-order valence-electron chi connectivity index (χ0n) is 15.3. The van der Waals surface area contributed by atoms with Gasteiger partial charge in [-0.05, 0) is 68.1 Å². The lowest BCUT2D eigenvalue weighted by atomic mass is 9.94. The molecule has 0 unspecified atom stereocenters. The molecule has 1 saturated carbocycles. The number of hydrogen-bond acceptors (Lipinski definition) is 3. The van der Waals surface area contributed by atoms with E-state index in [0.29, 0.717) is 5.69 Å². The lowest BCUT2D eigenvalue weighted by Crippen LogP contribution is -2.39. The summed E-state index contributed by atoms with van der Waals surface area (Å²) in [7, 11) is -3.65. The van der Waals surface area contributed by atoms with Crippen LogP contribution in [0.25, 0.3) is 0 Å². The molecule has 2 aromatic carbocycles. The van der Waals surface area contributed by atoms with Gasteiger partial charge in [0.1, 0.15) is 0 Å². The first-order valence-corrected chi connectivity index (χ1v) is 11.2. The van der Waals surface area contributed by atoms with Gasteiger partial charge < -0.3 is 5.32 Å². The molecule has 1 amide bonds. The summed E-state index contributed by atoms with van der Waals surface area (Å²) in [5.41, 5.74) is 0.932. The number of carbonyl (C=O) groups excluding carboxylic acids is 1. The van der Waals surface area contributed by atoms with Gasteiger partial charge in [0.2, 0.25) is 5.91 Å². The van der Waals surface area contributed by atoms with Gasteiger partial charge in [0, 0.05) is 16.2 Å². The van der Waals surface area contributed by atoms with E-state index in [2.05, 4.69) is 26.0 Å². The van der Waals surface area contributed by atoms with Crippen LogP contribution in [-0.2, 0) is 20.2 Å². The van der Waals surface area contributed by atoms with Crippen LogP contribution in [0, 0.1) is 0 Å². The molecule has 1 aliphatic carbocycles. The highest BCUT2D eigenvalue weighted by Gasteiger charge is 2.51. The van der Waals surface area contributed by atoms with Crippen molar-refractivity contribution in [3.05, 3.63) is 58.6 Å². The van der Waals surface area contributed by atoms with Crippen LogP contribution in [0.5, 0.6) is 0 Å². The molecule has 2 N–H and O–H groups in total. The molecule has 5 nitrogen and oxygen atoms in total. The van der Waals surface area contributed by atoms with E-state index in [1.807, 2.05) is 26.0 Å². The highest BCUT2D eigenvalue weighted by atomic mass is 79.9. The molecule has 1 atom stereocenters. The van der Waals surface area contributed by atoms with Crippen molar-refractivity contribution in [3.63, 3.8) is 0 Å². The first-order chi connectivity index (χ1) is 12.8. The summed E-state index contributed by atoms with van der Waals surface area (Å²) in [6.07, 6.45) is 2.52. The molecule has 0 spiro atoms. The number of anilines is 1. The summed E-state index contributed by atoms with van der Waals surface area (Å²) in [6.45, 7) is 4.03. The fourth-order valence-electron chi connectivity index (χ4n) is 2.92. The van der Waals surface area contributed by atoms with Crippen molar-refractivity contribution in [1.82, 2.24) is 5.32 Å². The minimum atomic E-state index is -3.65. The van der Waals surface area contributed by atoms with Crippen LogP contribution in [0.3, 0.4) is 0 Å². The molecule has 1 fully saturated rings. The topological polar surface area (TPSA) is 75.3 Å². The number of hydrogen-bond donors (Lipinski definition) is 2. The molecule has 0 saturated heterocycles. The Labute approximate surface area is 168 Å². The molecule has 27 heavy (non-hydrogen) atoms. The lowest BCUT2D eigenvalue weighted by molar-refractivity contribution is -0.124. The average molecular weight is 451 g/mol. The molecule has 0 aliphatic heterocycles. The standard InChI is InChI=1S/C20H23BrN2O3S/c1-3-14(2)22-19(24)20(12-13-20)15-4-8-17(9-5-15)23-27(25,26)18-10-6-16(21)7-11-18/h4-11,14,23H,3,12-13H2,1-2H3,(H,22,24)/t14-/m0/s1. The van der Waals surface area contributed by atoms with Gasteiger partial charge in [-0.25, -0.2) is 8.42 Å². The summed E-state index contributed by atoms with van der Waals surface area (Å²) in [4.78, 5) is 12.8. The highest BCUT2D eigenvalue weighted by molar-refractivity contribution is 9.10. The highest BCUT2D eigenvalue weighted by Crippen LogP contribution is 2.48. The summed E-state index contributed by atoms with van der Waals surface area (Å²) in [5.74, 6) is 0.0556. The SMILES string of the molecule is CC[C@H](C)NC(=O)C1(c2ccc(NS(=O)(=O)c3ccc(Br)cc3)cc2)CC1. The fraction of sp³-hybridized carbons (Fsp3) is 0.350. The normalized spacial score (nSPS) is 16.4. The third-order valence-electron chi connectivity index (χ3n) is 4.99. The second-order valence-electron chi connectivity index (χ2n) is 7.00. The molecule has 0 radical (unpaired) electrons. The van der Waals surface area contributed by atoms with Gasteiger partial charge >= 0.3 is 0 Å². The quantitative estimate of drug-likeness (QED) is 0.663. The van der Waals surface area contributed by atoms with Crippen LogP contribution < -0.4 is 10.0 Å². The lowest BCUT2D eigenvalue weighted by Gasteiger charge is -2.19. The second-order valence-corrected chi connectivity index (χ2v) is 9.60. The monoisotopic (exact) mass is 450 g/mol. The Balaban J connectivity index is 1.74. The van der Waals surface area contributed by atoms with Crippen molar-refractivity contribution in [3.8, 4) is 0 Å². The fourth-order valence-corrected chi connectivity index (χ4v) is 4.24. The van der Waals surface area contributed by atoms with Crippen LogP contribution in [0.2, 0.25) is 0 Å². The molecule has 7 heteroatoms. The van der Waals surface area contributed by atoms with Crippen molar-refractivity contribution in [2.75, 3.05) is 4.72 Å². The molecule has 2 aromatic rings. The van der Waals surface area contributed by atoms with Crippen molar-refractivity contribution >= 4 is 37.5 Å². The van der Waals surface area contributed by atoms with E-state index < -0.39 is 15.4 Å². The Kier molecular flexibility index (Phi) is 5.63. The van der Waals surface area contributed by atoms with Gasteiger partial charge in [0.15, 0.2) is 0 Å². The van der Waals surface area contributed by atoms with Crippen molar-refractivity contribution in [2.24, 2.45) is 0 Å². The van der Waals surface area contributed by atoms with E-state index in [-0.39, 0.29) is 16.8 Å². The molecule has 0 aromatic heterocycles. The van der Waals surface area contributed by atoms with E-state index in [1.54, 1.807) is 36.4 Å². The van der Waals surface area contributed by atoms with Crippen LogP contribution in [0.1, 0.15) is 38.7 Å². The summed E-state index contributed by atoms with van der Waals surface area (Å²) >= 11 is 3.29. The van der Waals surface area contributed by atoms with E-state index >= 15 is 0 Å². The Bertz CT molecular complexity index is 921. The van der Waals surface area contributed by atoms with Gasteiger partial charge in [-0.15, -0.1) is 0 Å². The van der Waals surface area contributed by atoms with Gasteiger partial charge in [0.25, 0.3) is 10.0 Å². The van der Waals surface area contributed by atoms with Crippen LogP contribution in [-0.4, -0.2) is 20.4 Å². The number of amides is 1. The number of carbonyl (C=O) groups is 1. The number of nitrogens with one attached hydrogen (secondary N) is 2. The average Bonchev–Trinajstić information content (AvgIpc) is 3.44. The van der Waals surface area contributed by atoms with E-state index in [4.69, 9.17) is 0 Å². The molecule has 0 heterocycles. The van der Waals surface area contributed by atoms with Crippen LogP contribution in [0.4, 0.5) is 5.69 Å². The Morgan fingerprint density at radius 1 is 1.11 bits per heavy atom. The Morgan fingerprint density at radius 3 is 2.22 bits per heavy atom.